The Labute approximate surface area is 141 Å². The summed E-state index contributed by atoms with van der Waals surface area (Å²) in [5.74, 6) is -0.391. The molecule has 3 rings (SSSR count). The van der Waals surface area contributed by atoms with Crippen molar-refractivity contribution in [3.05, 3.63) is 23.8 Å². The molecule has 1 fully saturated rings. The van der Waals surface area contributed by atoms with Crippen LogP contribution < -0.4 is 5.32 Å². The van der Waals surface area contributed by atoms with Gasteiger partial charge in [0, 0.05) is 18.6 Å². The van der Waals surface area contributed by atoms with Crippen molar-refractivity contribution >= 4 is 29.5 Å². The molecule has 0 aromatic heterocycles. The number of esters is 1. The molecule has 1 aromatic carbocycles. The number of ether oxygens (including phenoxy) is 1. The lowest BCUT2D eigenvalue weighted by Crippen LogP contribution is -2.33. The van der Waals surface area contributed by atoms with Crippen molar-refractivity contribution in [2.24, 2.45) is 0 Å². The lowest BCUT2D eigenvalue weighted by molar-refractivity contribution is -0.118. The van der Waals surface area contributed by atoms with Gasteiger partial charge in [-0.2, -0.15) is 0 Å². The van der Waals surface area contributed by atoms with Gasteiger partial charge in [0.05, 0.1) is 24.4 Å². The molecule has 2 aliphatic heterocycles. The monoisotopic (exact) mass is 340 g/mol. The number of anilines is 1. The number of methoxy groups -OCH3 is 1. The summed E-state index contributed by atoms with van der Waals surface area (Å²) in [5, 5.41) is 9.90. The van der Waals surface area contributed by atoms with Crippen LogP contribution in [-0.4, -0.2) is 48.1 Å². The van der Waals surface area contributed by atoms with E-state index in [4.69, 9.17) is 9.84 Å². The van der Waals surface area contributed by atoms with Crippen LogP contribution in [0.15, 0.2) is 23.1 Å². The first-order valence-corrected chi connectivity index (χ1v) is 8.39. The Bertz CT molecular complexity index is 551. The first-order valence-electron chi connectivity index (χ1n) is 7.61. The molecule has 2 aliphatic rings. The second-order valence-electron chi connectivity index (χ2n) is 4.58. The highest BCUT2D eigenvalue weighted by Crippen LogP contribution is 2.39. The third-order valence-electron chi connectivity index (χ3n) is 3.38. The molecule has 7 heteroatoms. The van der Waals surface area contributed by atoms with Gasteiger partial charge in [-0.3, -0.25) is 4.79 Å². The van der Waals surface area contributed by atoms with Crippen molar-refractivity contribution < 1.29 is 19.4 Å². The third-order valence-corrected chi connectivity index (χ3v) is 4.60. The minimum atomic E-state index is -0.396. The van der Waals surface area contributed by atoms with E-state index < -0.39 is 5.97 Å². The van der Waals surface area contributed by atoms with Crippen molar-refractivity contribution in [1.82, 2.24) is 4.31 Å². The van der Waals surface area contributed by atoms with Gasteiger partial charge in [-0.1, -0.05) is 13.8 Å². The number of nitrogens with one attached hydrogen (secondary N) is 1. The second-order valence-corrected chi connectivity index (χ2v) is 5.67. The van der Waals surface area contributed by atoms with E-state index in [9.17, 15) is 9.59 Å². The summed E-state index contributed by atoms with van der Waals surface area (Å²) in [4.78, 5) is 24.6. The molecule has 1 saturated heterocycles. The van der Waals surface area contributed by atoms with Crippen LogP contribution in [0.4, 0.5) is 5.69 Å². The number of aliphatic hydroxyl groups excluding tert-OH is 1. The third kappa shape index (κ3) is 4.46. The Morgan fingerprint density at radius 3 is 2.74 bits per heavy atom. The van der Waals surface area contributed by atoms with Crippen LogP contribution in [-0.2, 0) is 9.53 Å². The van der Waals surface area contributed by atoms with Gasteiger partial charge in [-0.05, 0) is 43.0 Å². The molecule has 0 bridgehead atoms. The number of fused-ring (bicyclic) bond motifs is 2. The molecule has 1 atom stereocenters. The van der Waals surface area contributed by atoms with E-state index in [0.717, 1.165) is 31.4 Å². The summed E-state index contributed by atoms with van der Waals surface area (Å²) in [7, 11) is 2.34. The highest BCUT2D eigenvalue weighted by molar-refractivity contribution is 7.97. The molecule has 6 nitrogen and oxygen atoms in total. The zero-order valence-corrected chi connectivity index (χ0v) is 14.8. The van der Waals surface area contributed by atoms with Gasteiger partial charge in [0.1, 0.15) is 0 Å². The SMILES string of the molecule is CC.CO.COC(=O)c1ccc2c(c1)NC(=O)C1CCCN1S2. The van der Waals surface area contributed by atoms with Crippen molar-refractivity contribution in [2.75, 3.05) is 26.1 Å². The van der Waals surface area contributed by atoms with E-state index in [2.05, 4.69) is 9.62 Å². The lowest BCUT2D eigenvalue weighted by Gasteiger charge is -2.17. The van der Waals surface area contributed by atoms with Crippen LogP contribution >= 0.6 is 11.9 Å². The summed E-state index contributed by atoms with van der Waals surface area (Å²) in [5.41, 5.74) is 1.14. The molecular weight excluding hydrogens is 316 g/mol. The van der Waals surface area contributed by atoms with Crippen LogP contribution in [0.3, 0.4) is 0 Å². The number of rotatable bonds is 1. The van der Waals surface area contributed by atoms with E-state index in [1.54, 1.807) is 24.1 Å². The van der Waals surface area contributed by atoms with E-state index in [1.807, 2.05) is 19.9 Å². The molecule has 23 heavy (non-hydrogen) atoms. The smallest absolute Gasteiger partial charge is 0.337 e. The summed E-state index contributed by atoms with van der Waals surface area (Å²) >= 11 is 1.58. The van der Waals surface area contributed by atoms with Crippen molar-refractivity contribution in [3.8, 4) is 0 Å². The van der Waals surface area contributed by atoms with Gasteiger partial charge in [0.15, 0.2) is 0 Å². The highest BCUT2D eigenvalue weighted by atomic mass is 32.2. The molecule has 2 N–H and O–H groups in total. The molecule has 1 aromatic rings. The van der Waals surface area contributed by atoms with Crippen LogP contribution in [0.1, 0.15) is 37.0 Å². The van der Waals surface area contributed by atoms with E-state index in [1.165, 1.54) is 7.11 Å². The largest absolute Gasteiger partial charge is 0.465 e. The molecule has 128 valence electrons. The van der Waals surface area contributed by atoms with Gasteiger partial charge in [-0.25, -0.2) is 9.10 Å². The minimum Gasteiger partial charge on any atom is -0.465 e. The Morgan fingerprint density at radius 2 is 2.09 bits per heavy atom. The standard InChI is InChI=1S/C13H14N2O3S.C2H6.CH4O/c1-18-13(17)8-4-5-11-9(7-8)14-12(16)10-3-2-6-15(10)19-11;2*1-2/h4-5,7,10H,2-3,6H2,1H3,(H,14,16);1-2H3;2H,1H3. The fourth-order valence-electron chi connectivity index (χ4n) is 2.41. The maximum atomic E-state index is 12.1. The Kier molecular flexibility index (Phi) is 8.08. The average Bonchev–Trinajstić information content (AvgIpc) is 3.02. The minimum absolute atomic E-state index is 0.00534. The maximum Gasteiger partial charge on any atom is 0.337 e. The van der Waals surface area contributed by atoms with Crippen LogP contribution in [0, 0.1) is 0 Å². The summed E-state index contributed by atoms with van der Waals surface area (Å²) in [6.45, 7) is 4.92. The predicted molar refractivity (Wildman–Crippen MR) is 91.5 cm³/mol. The van der Waals surface area contributed by atoms with Crippen LogP contribution in [0.2, 0.25) is 0 Å². The van der Waals surface area contributed by atoms with Crippen molar-refractivity contribution in [3.63, 3.8) is 0 Å². The second kappa shape index (κ2) is 9.54. The average molecular weight is 340 g/mol. The fourth-order valence-corrected chi connectivity index (χ4v) is 3.54. The van der Waals surface area contributed by atoms with Gasteiger partial charge in [0.2, 0.25) is 5.91 Å². The zero-order chi connectivity index (χ0) is 17.4. The van der Waals surface area contributed by atoms with Gasteiger partial charge in [0.25, 0.3) is 0 Å². The van der Waals surface area contributed by atoms with Gasteiger partial charge < -0.3 is 15.2 Å². The van der Waals surface area contributed by atoms with Crippen LogP contribution in [0.5, 0.6) is 0 Å². The molecule has 1 unspecified atom stereocenters. The number of carbonyl (C=O) groups excluding carboxylic acids is 2. The topological polar surface area (TPSA) is 78.9 Å². The predicted octanol–water partition coefficient (Wildman–Crippen LogP) is 2.53. The number of aliphatic hydroxyl groups is 1. The molecular formula is C16H24N2O4S. The molecule has 2 heterocycles. The number of hydrogen-bond donors (Lipinski definition) is 2. The molecule has 1 amide bonds. The quantitative estimate of drug-likeness (QED) is 0.604. The maximum absolute atomic E-state index is 12.1. The molecule has 0 spiro atoms. The Morgan fingerprint density at radius 1 is 1.39 bits per heavy atom. The van der Waals surface area contributed by atoms with E-state index >= 15 is 0 Å². The number of nitrogens with zero attached hydrogens (tertiary/aromatic N) is 1. The molecule has 0 radical (unpaired) electrons. The first kappa shape index (κ1) is 19.5. The number of hydrogen-bond acceptors (Lipinski definition) is 6. The summed E-state index contributed by atoms with van der Waals surface area (Å²) < 4.78 is 6.80. The Balaban J connectivity index is 0.000000615. The van der Waals surface area contributed by atoms with Gasteiger partial charge >= 0.3 is 5.97 Å². The van der Waals surface area contributed by atoms with Crippen LogP contribution in [0.25, 0.3) is 0 Å². The number of amides is 1. The fraction of sp³-hybridized carbons (Fsp3) is 0.500. The van der Waals surface area contributed by atoms with Gasteiger partial charge in [-0.15, -0.1) is 0 Å². The Hall–Kier alpha value is -1.57. The number of benzene rings is 1. The molecule has 0 saturated carbocycles. The first-order chi connectivity index (χ1) is 11.2. The van der Waals surface area contributed by atoms with E-state index in [-0.39, 0.29) is 11.9 Å². The zero-order valence-electron chi connectivity index (χ0n) is 14.0. The summed E-state index contributed by atoms with van der Waals surface area (Å²) in [6.07, 6.45) is 1.93. The summed E-state index contributed by atoms with van der Waals surface area (Å²) in [6, 6.07) is 5.18. The van der Waals surface area contributed by atoms with Crippen molar-refractivity contribution in [1.29, 1.82) is 0 Å². The van der Waals surface area contributed by atoms with Crippen molar-refractivity contribution in [2.45, 2.75) is 37.6 Å². The molecule has 0 aliphatic carbocycles. The highest BCUT2D eigenvalue weighted by Gasteiger charge is 2.34. The lowest BCUT2D eigenvalue weighted by atomic mass is 10.1. The normalized spacial score (nSPS) is 18.8. The van der Waals surface area contributed by atoms with E-state index in [0.29, 0.717) is 11.3 Å². The number of carbonyl (C=O) groups is 2.